The Bertz CT molecular complexity index is 532. The van der Waals surface area contributed by atoms with Gasteiger partial charge in [0.05, 0.1) is 18.2 Å². The van der Waals surface area contributed by atoms with Crippen LogP contribution in [0.5, 0.6) is 0 Å². The summed E-state index contributed by atoms with van der Waals surface area (Å²) in [7, 11) is 0. The van der Waals surface area contributed by atoms with Gasteiger partial charge in [0.1, 0.15) is 0 Å². The van der Waals surface area contributed by atoms with E-state index in [4.69, 9.17) is 10.00 Å². The Labute approximate surface area is 153 Å². The van der Waals surface area contributed by atoms with Crippen LogP contribution in [-0.2, 0) is 4.74 Å². The van der Waals surface area contributed by atoms with E-state index in [1.807, 2.05) is 12.1 Å². The molecule has 1 saturated carbocycles. The first-order valence-electron chi connectivity index (χ1n) is 10.1. The van der Waals surface area contributed by atoms with Crippen molar-refractivity contribution in [3.63, 3.8) is 0 Å². The fraction of sp³-hybridized carbons (Fsp3) is 0.609. The van der Waals surface area contributed by atoms with E-state index in [2.05, 4.69) is 37.3 Å². The molecule has 0 heterocycles. The molecule has 0 aliphatic heterocycles. The monoisotopic (exact) mass is 339 g/mol. The van der Waals surface area contributed by atoms with E-state index >= 15 is 0 Å². The Kier molecular flexibility index (Phi) is 9.37. The molecule has 0 N–H and O–H groups in total. The highest BCUT2D eigenvalue weighted by Crippen LogP contribution is 2.37. The normalized spacial score (nSPS) is 20.6. The number of hydrogen-bond acceptors (Lipinski definition) is 2. The molecular formula is C23H33NO. The first-order chi connectivity index (χ1) is 12.3. The van der Waals surface area contributed by atoms with Gasteiger partial charge in [-0.2, -0.15) is 5.26 Å². The summed E-state index contributed by atoms with van der Waals surface area (Å²) in [5, 5.41) is 8.89. The van der Waals surface area contributed by atoms with Crippen molar-refractivity contribution in [1.29, 1.82) is 5.26 Å². The van der Waals surface area contributed by atoms with Gasteiger partial charge >= 0.3 is 0 Å². The molecule has 2 rings (SSSR count). The number of unbranched alkanes of at least 4 members (excludes halogenated alkanes) is 2. The molecule has 0 saturated heterocycles. The summed E-state index contributed by atoms with van der Waals surface area (Å²) in [6.45, 7) is 3.89. The summed E-state index contributed by atoms with van der Waals surface area (Å²) in [6.07, 6.45) is 15.9. The average Bonchev–Trinajstić information content (AvgIpc) is 2.67. The van der Waals surface area contributed by atoms with Crippen molar-refractivity contribution in [2.24, 2.45) is 5.92 Å². The van der Waals surface area contributed by atoms with Gasteiger partial charge in [0.25, 0.3) is 0 Å². The molecule has 2 heteroatoms. The van der Waals surface area contributed by atoms with E-state index in [-0.39, 0.29) is 0 Å². The third-order valence-electron chi connectivity index (χ3n) is 5.36. The lowest BCUT2D eigenvalue weighted by Gasteiger charge is -2.28. The van der Waals surface area contributed by atoms with Crippen molar-refractivity contribution in [1.82, 2.24) is 0 Å². The van der Waals surface area contributed by atoms with Gasteiger partial charge in [0.2, 0.25) is 0 Å². The van der Waals surface area contributed by atoms with Crippen LogP contribution in [-0.4, -0.2) is 13.2 Å². The summed E-state index contributed by atoms with van der Waals surface area (Å²) < 4.78 is 5.70. The molecule has 25 heavy (non-hydrogen) atoms. The topological polar surface area (TPSA) is 33.0 Å². The van der Waals surface area contributed by atoms with E-state index in [0.717, 1.165) is 24.7 Å². The van der Waals surface area contributed by atoms with Crippen LogP contribution in [0.3, 0.4) is 0 Å². The quantitative estimate of drug-likeness (QED) is 0.366. The van der Waals surface area contributed by atoms with E-state index in [1.54, 1.807) is 0 Å². The molecular weight excluding hydrogens is 306 g/mol. The van der Waals surface area contributed by atoms with Crippen LogP contribution in [0.2, 0.25) is 0 Å². The fourth-order valence-corrected chi connectivity index (χ4v) is 3.75. The Hall–Kier alpha value is -1.59. The zero-order valence-corrected chi connectivity index (χ0v) is 15.8. The lowest BCUT2D eigenvalue weighted by Crippen LogP contribution is -2.14. The molecule has 1 aliphatic rings. The van der Waals surface area contributed by atoms with E-state index in [0.29, 0.717) is 5.92 Å². The molecule has 1 aromatic rings. The third-order valence-corrected chi connectivity index (χ3v) is 5.36. The minimum Gasteiger partial charge on any atom is -0.377 e. The van der Waals surface area contributed by atoms with Crippen LogP contribution >= 0.6 is 0 Å². The molecule has 1 aromatic carbocycles. The highest BCUT2D eigenvalue weighted by molar-refractivity contribution is 5.33. The first kappa shape index (κ1) is 19.7. The number of hydrogen-bond donors (Lipinski definition) is 0. The highest BCUT2D eigenvalue weighted by atomic mass is 16.5. The minimum atomic E-state index is 0.688. The third kappa shape index (κ3) is 7.45. The van der Waals surface area contributed by atoms with Crippen LogP contribution in [0.25, 0.3) is 0 Å². The van der Waals surface area contributed by atoms with E-state index in [9.17, 15) is 0 Å². The van der Waals surface area contributed by atoms with E-state index < -0.39 is 0 Å². The summed E-state index contributed by atoms with van der Waals surface area (Å²) >= 11 is 0. The molecule has 2 nitrogen and oxygen atoms in total. The van der Waals surface area contributed by atoms with Crippen LogP contribution in [0.15, 0.2) is 36.4 Å². The Morgan fingerprint density at radius 1 is 1.08 bits per heavy atom. The number of rotatable bonds is 10. The predicted octanol–water partition coefficient (Wildman–Crippen LogP) is 6.38. The second-order valence-corrected chi connectivity index (χ2v) is 7.28. The standard InChI is InChI=1S/C23H33NO/c1-2-3-4-5-6-17-25-18-7-8-20-9-13-22(14-10-20)23-15-11-21(19-24)12-16-23/h5-6,11-12,15-16,20,22H,2-4,7-10,13-14,17-18H2,1H3/b6-5+. The van der Waals surface area contributed by atoms with Gasteiger partial charge in [0, 0.05) is 6.61 Å². The summed E-state index contributed by atoms with van der Waals surface area (Å²) in [5.41, 5.74) is 2.17. The molecule has 0 bridgehead atoms. The van der Waals surface area contributed by atoms with Crippen molar-refractivity contribution >= 4 is 0 Å². The molecule has 1 fully saturated rings. The van der Waals surface area contributed by atoms with Gasteiger partial charge in [-0.3, -0.25) is 0 Å². The smallest absolute Gasteiger partial charge is 0.0991 e. The molecule has 0 radical (unpaired) electrons. The molecule has 0 atom stereocenters. The molecule has 1 aliphatic carbocycles. The maximum Gasteiger partial charge on any atom is 0.0991 e. The van der Waals surface area contributed by atoms with Crippen molar-refractivity contribution in [2.45, 2.75) is 70.6 Å². The lowest BCUT2D eigenvalue weighted by molar-refractivity contribution is 0.149. The van der Waals surface area contributed by atoms with Crippen molar-refractivity contribution < 1.29 is 4.74 Å². The summed E-state index contributed by atoms with van der Waals surface area (Å²) in [6, 6.07) is 10.4. The van der Waals surface area contributed by atoms with Gasteiger partial charge in [0.15, 0.2) is 0 Å². The molecule has 0 spiro atoms. The summed E-state index contributed by atoms with van der Waals surface area (Å²) in [4.78, 5) is 0. The van der Waals surface area contributed by atoms with Crippen molar-refractivity contribution in [2.75, 3.05) is 13.2 Å². The maximum atomic E-state index is 8.89. The van der Waals surface area contributed by atoms with Gasteiger partial charge in [-0.25, -0.2) is 0 Å². The van der Waals surface area contributed by atoms with Crippen LogP contribution in [0.1, 0.15) is 81.8 Å². The second kappa shape index (κ2) is 11.9. The van der Waals surface area contributed by atoms with Gasteiger partial charge in [-0.15, -0.1) is 0 Å². The second-order valence-electron chi connectivity index (χ2n) is 7.28. The fourth-order valence-electron chi connectivity index (χ4n) is 3.75. The van der Waals surface area contributed by atoms with Crippen LogP contribution in [0, 0.1) is 17.2 Å². The van der Waals surface area contributed by atoms with Crippen molar-refractivity contribution in [3.8, 4) is 6.07 Å². The predicted molar refractivity (Wildman–Crippen MR) is 105 cm³/mol. The lowest BCUT2D eigenvalue weighted by atomic mass is 9.77. The zero-order chi connectivity index (χ0) is 17.7. The number of benzene rings is 1. The molecule has 0 aromatic heterocycles. The van der Waals surface area contributed by atoms with Gasteiger partial charge < -0.3 is 4.74 Å². The highest BCUT2D eigenvalue weighted by Gasteiger charge is 2.21. The number of ether oxygens (including phenoxy) is 1. The number of allylic oxidation sites excluding steroid dienone is 1. The Balaban J connectivity index is 1.55. The van der Waals surface area contributed by atoms with Gasteiger partial charge in [-0.05, 0) is 74.5 Å². The zero-order valence-electron chi connectivity index (χ0n) is 15.8. The van der Waals surface area contributed by atoms with E-state index in [1.165, 1.54) is 63.4 Å². The Morgan fingerprint density at radius 3 is 2.52 bits per heavy atom. The Morgan fingerprint density at radius 2 is 1.84 bits per heavy atom. The van der Waals surface area contributed by atoms with Crippen molar-refractivity contribution in [3.05, 3.63) is 47.5 Å². The SMILES string of the molecule is CCCC/C=C/COCCCC1CCC(c2ccc(C#N)cc2)CC1. The van der Waals surface area contributed by atoms with Crippen LogP contribution in [0.4, 0.5) is 0 Å². The molecule has 0 unspecified atom stereocenters. The first-order valence-corrected chi connectivity index (χ1v) is 10.1. The van der Waals surface area contributed by atoms with Crippen LogP contribution < -0.4 is 0 Å². The number of nitrogens with zero attached hydrogens (tertiary/aromatic N) is 1. The molecule has 136 valence electrons. The minimum absolute atomic E-state index is 0.688. The maximum absolute atomic E-state index is 8.89. The molecule has 0 amide bonds. The average molecular weight is 340 g/mol. The summed E-state index contributed by atoms with van der Waals surface area (Å²) in [5.74, 6) is 1.56. The van der Waals surface area contributed by atoms with Gasteiger partial charge in [-0.1, -0.05) is 44.1 Å². The largest absolute Gasteiger partial charge is 0.377 e. The number of nitriles is 1.